The van der Waals surface area contributed by atoms with Gasteiger partial charge < -0.3 is 10.1 Å². The predicted molar refractivity (Wildman–Crippen MR) is 72.3 cm³/mol. The second-order valence-corrected chi connectivity index (χ2v) is 5.60. The molecule has 0 aliphatic carbocycles. The number of hydrogen-bond donors (Lipinski definition) is 2. The first-order valence-corrected chi connectivity index (χ1v) is 6.63. The normalized spacial score (nSPS) is 12.2. The van der Waals surface area contributed by atoms with E-state index in [4.69, 9.17) is 34.8 Å². The van der Waals surface area contributed by atoms with Crippen molar-refractivity contribution in [2.75, 3.05) is 0 Å². The van der Waals surface area contributed by atoms with Gasteiger partial charge in [0.1, 0.15) is 22.1 Å². The number of hydrogen-bond acceptors (Lipinski definition) is 1. The van der Waals surface area contributed by atoms with E-state index in [2.05, 4.69) is 0 Å². The molecule has 0 atom stereocenters. The minimum atomic E-state index is -4.68. The van der Waals surface area contributed by atoms with Crippen LogP contribution in [-0.2, 0) is 6.18 Å². The molecule has 2 nitrogen and oxygen atoms in total. The molecular weight excluding hydrogens is 356 g/mol. The Labute approximate surface area is 131 Å². The van der Waals surface area contributed by atoms with Gasteiger partial charge in [0, 0.05) is 11.1 Å². The van der Waals surface area contributed by atoms with Crippen LogP contribution in [0, 0.1) is 5.82 Å². The third kappa shape index (κ3) is 3.22. The predicted octanol–water partition coefficient (Wildman–Crippen LogP) is 5.67. The smallest absolute Gasteiger partial charge is 0.431 e. The van der Waals surface area contributed by atoms with Crippen molar-refractivity contribution in [2.24, 2.45) is 0 Å². The van der Waals surface area contributed by atoms with Crippen molar-refractivity contribution in [1.82, 2.24) is 4.98 Å². The molecular formula is C12H6Cl3F4NO. The third-order valence-corrected chi connectivity index (χ3v) is 3.44. The Kier molecular flexibility index (Phi) is 4.33. The lowest BCUT2D eigenvalue weighted by molar-refractivity contribution is -0.140. The molecule has 0 saturated heterocycles. The van der Waals surface area contributed by atoms with E-state index < -0.39 is 28.3 Å². The first kappa shape index (κ1) is 16.3. The molecule has 1 aromatic heterocycles. The Morgan fingerprint density at radius 2 is 1.71 bits per heavy atom. The van der Waals surface area contributed by atoms with E-state index >= 15 is 0 Å². The maximum Gasteiger partial charge on any atom is 0.431 e. The fraction of sp³-hybridized carbons (Fsp3) is 0.167. The number of alkyl halides is 5. The molecule has 0 fully saturated rings. The Morgan fingerprint density at radius 1 is 1.10 bits per heavy atom. The van der Waals surface area contributed by atoms with Crippen molar-refractivity contribution < 1.29 is 22.7 Å². The molecule has 2 rings (SSSR count). The van der Waals surface area contributed by atoms with Crippen LogP contribution >= 0.6 is 34.8 Å². The second-order valence-electron chi connectivity index (χ2n) is 4.09. The highest BCUT2D eigenvalue weighted by atomic mass is 35.5. The van der Waals surface area contributed by atoms with E-state index in [1.165, 1.54) is 0 Å². The molecule has 1 aromatic carbocycles. The fourth-order valence-corrected chi connectivity index (χ4v) is 2.26. The summed E-state index contributed by atoms with van der Waals surface area (Å²) in [7, 11) is 0. The minimum Gasteiger partial charge on any atom is -0.506 e. The van der Waals surface area contributed by atoms with E-state index in [9.17, 15) is 22.7 Å². The van der Waals surface area contributed by atoms with Gasteiger partial charge in [0.25, 0.3) is 0 Å². The summed E-state index contributed by atoms with van der Waals surface area (Å²) in [6, 6.07) is 2.35. The Bertz CT molecular complexity index is 682. The Morgan fingerprint density at radius 3 is 2.24 bits per heavy atom. The van der Waals surface area contributed by atoms with E-state index in [1.807, 2.05) is 4.98 Å². The van der Waals surface area contributed by atoms with Crippen molar-refractivity contribution >= 4 is 34.8 Å². The van der Waals surface area contributed by atoms with Crippen LogP contribution in [0.4, 0.5) is 17.6 Å². The average molecular weight is 363 g/mol. The van der Waals surface area contributed by atoms with Crippen LogP contribution in [0.2, 0.25) is 5.02 Å². The van der Waals surface area contributed by atoms with Crippen molar-refractivity contribution in [3.05, 3.63) is 40.4 Å². The van der Waals surface area contributed by atoms with Crippen molar-refractivity contribution in [3.63, 3.8) is 0 Å². The summed E-state index contributed by atoms with van der Waals surface area (Å²) in [6.45, 7) is 0. The standard InChI is InChI=1S/C12H6Cl3F4NO/c13-6-3-7(16)4(1-8(6)21)5-2-9(12(17,18)19)20-10(5)11(14)15/h1-3,11,20-21H. The van der Waals surface area contributed by atoms with Gasteiger partial charge >= 0.3 is 6.18 Å². The lowest BCUT2D eigenvalue weighted by Gasteiger charge is -2.07. The number of aromatic nitrogens is 1. The number of rotatable bonds is 2. The quantitative estimate of drug-likeness (QED) is 0.524. The summed E-state index contributed by atoms with van der Waals surface area (Å²) >= 11 is 16.7. The number of phenols is 1. The molecule has 0 saturated carbocycles. The summed E-state index contributed by atoms with van der Waals surface area (Å²) in [5.74, 6) is -1.39. The van der Waals surface area contributed by atoms with Gasteiger partial charge in [-0.3, -0.25) is 0 Å². The topological polar surface area (TPSA) is 36.0 Å². The third-order valence-electron chi connectivity index (χ3n) is 2.70. The van der Waals surface area contributed by atoms with Crippen molar-refractivity contribution in [2.45, 2.75) is 11.0 Å². The molecule has 0 bridgehead atoms. The average Bonchev–Trinajstić information content (AvgIpc) is 2.78. The first-order chi connectivity index (χ1) is 9.61. The van der Waals surface area contributed by atoms with E-state index in [0.29, 0.717) is 6.07 Å². The zero-order chi connectivity index (χ0) is 15.9. The number of halogens is 7. The fourth-order valence-electron chi connectivity index (χ4n) is 1.76. The van der Waals surface area contributed by atoms with Gasteiger partial charge in [-0.1, -0.05) is 34.8 Å². The molecule has 1 heterocycles. The highest BCUT2D eigenvalue weighted by Gasteiger charge is 2.35. The van der Waals surface area contributed by atoms with E-state index in [-0.39, 0.29) is 21.8 Å². The zero-order valence-electron chi connectivity index (χ0n) is 9.90. The van der Waals surface area contributed by atoms with E-state index in [0.717, 1.165) is 12.1 Å². The number of benzene rings is 1. The highest BCUT2D eigenvalue weighted by Crippen LogP contribution is 2.41. The van der Waals surface area contributed by atoms with Gasteiger partial charge in [-0.2, -0.15) is 13.2 Å². The van der Waals surface area contributed by atoms with Gasteiger partial charge in [-0.15, -0.1) is 0 Å². The number of phenolic OH excluding ortho intramolecular Hbond substituents is 1. The lowest BCUT2D eigenvalue weighted by atomic mass is 10.0. The van der Waals surface area contributed by atoms with E-state index in [1.54, 1.807) is 0 Å². The second kappa shape index (κ2) is 5.59. The number of H-pyrrole nitrogens is 1. The monoisotopic (exact) mass is 361 g/mol. The molecule has 0 unspecified atom stereocenters. The van der Waals surface area contributed by atoms with Gasteiger partial charge in [0.15, 0.2) is 0 Å². The maximum absolute atomic E-state index is 13.9. The van der Waals surface area contributed by atoms with Gasteiger partial charge in [-0.25, -0.2) is 4.39 Å². The molecule has 0 spiro atoms. The first-order valence-electron chi connectivity index (χ1n) is 5.38. The van der Waals surface area contributed by atoms with Crippen LogP contribution in [0.5, 0.6) is 5.75 Å². The van der Waals surface area contributed by atoms with Crippen LogP contribution in [0.25, 0.3) is 11.1 Å². The van der Waals surface area contributed by atoms with Crippen molar-refractivity contribution in [1.29, 1.82) is 0 Å². The number of nitrogens with one attached hydrogen (secondary N) is 1. The van der Waals surface area contributed by atoms with Crippen LogP contribution in [0.15, 0.2) is 18.2 Å². The van der Waals surface area contributed by atoms with Crippen LogP contribution in [0.1, 0.15) is 16.2 Å². The largest absolute Gasteiger partial charge is 0.506 e. The van der Waals surface area contributed by atoms with Crippen LogP contribution in [-0.4, -0.2) is 10.1 Å². The van der Waals surface area contributed by atoms with Crippen LogP contribution < -0.4 is 0 Å². The van der Waals surface area contributed by atoms with Gasteiger partial charge in [-0.05, 0) is 18.2 Å². The van der Waals surface area contributed by atoms with Gasteiger partial charge in [0.2, 0.25) is 0 Å². The molecule has 0 aliphatic heterocycles. The Hall–Kier alpha value is -1.11. The zero-order valence-corrected chi connectivity index (χ0v) is 12.2. The molecule has 0 amide bonds. The summed E-state index contributed by atoms with van der Waals surface area (Å²) in [5.41, 5.74) is -1.87. The summed E-state index contributed by atoms with van der Waals surface area (Å²) in [5, 5.41) is 9.22. The van der Waals surface area contributed by atoms with Crippen molar-refractivity contribution in [3.8, 4) is 16.9 Å². The number of aromatic hydroxyl groups is 1. The maximum atomic E-state index is 13.9. The molecule has 2 N–H and O–H groups in total. The molecule has 21 heavy (non-hydrogen) atoms. The summed E-state index contributed by atoms with van der Waals surface area (Å²) in [4.78, 5) is 0.671. The molecule has 9 heteroatoms. The lowest BCUT2D eigenvalue weighted by Crippen LogP contribution is -2.05. The summed E-state index contributed by atoms with van der Waals surface area (Å²) < 4.78 is 52.1. The SMILES string of the molecule is Oc1cc(-c2cc(C(F)(F)F)[nH]c2C(Cl)Cl)c(F)cc1Cl. The summed E-state index contributed by atoms with van der Waals surface area (Å²) in [6.07, 6.45) is -4.68. The van der Waals surface area contributed by atoms with Crippen LogP contribution in [0.3, 0.4) is 0 Å². The molecule has 0 aliphatic rings. The minimum absolute atomic E-state index is 0.207. The molecule has 0 radical (unpaired) electrons. The van der Waals surface area contributed by atoms with Gasteiger partial charge in [0.05, 0.1) is 10.7 Å². The number of aromatic amines is 1. The molecule has 114 valence electrons. The highest BCUT2D eigenvalue weighted by molar-refractivity contribution is 6.44. The Balaban J connectivity index is 2.68. The molecule has 2 aromatic rings.